The SMILES string of the molecule is CCC(Oc1c(F)cc(C=O)cc1F)C(=O)O. The third kappa shape index (κ3) is 2.99. The Bertz CT molecular complexity index is 422. The summed E-state index contributed by atoms with van der Waals surface area (Å²) >= 11 is 0. The predicted molar refractivity (Wildman–Crippen MR) is 54.1 cm³/mol. The highest BCUT2D eigenvalue weighted by atomic mass is 19.1. The van der Waals surface area contributed by atoms with Gasteiger partial charge in [-0.1, -0.05) is 6.92 Å². The molecule has 0 bridgehead atoms. The predicted octanol–water partition coefficient (Wildman–Crippen LogP) is 2.02. The van der Waals surface area contributed by atoms with Crippen LogP contribution in [0.4, 0.5) is 8.78 Å². The molecule has 6 heteroatoms. The van der Waals surface area contributed by atoms with Gasteiger partial charge in [-0.05, 0) is 18.6 Å². The highest BCUT2D eigenvalue weighted by Gasteiger charge is 2.21. The zero-order chi connectivity index (χ0) is 13.0. The van der Waals surface area contributed by atoms with Gasteiger partial charge < -0.3 is 9.84 Å². The third-order valence-electron chi connectivity index (χ3n) is 2.06. The van der Waals surface area contributed by atoms with Crippen molar-refractivity contribution in [2.45, 2.75) is 19.4 Å². The largest absolute Gasteiger partial charge is 0.479 e. The van der Waals surface area contributed by atoms with Crippen LogP contribution in [0.25, 0.3) is 0 Å². The summed E-state index contributed by atoms with van der Waals surface area (Å²) in [6, 6.07) is 1.56. The fourth-order valence-corrected chi connectivity index (χ4v) is 1.21. The van der Waals surface area contributed by atoms with E-state index in [-0.39, 0.29) is 18.3 Å². The van der Waals surface area contributed by atoms with Crippen LogP contribution < -0.4 is 4.74 Å². The van der Waals surface area contributed by atoms with Crippen LogP contribution in [0, 0.1) is 11.6 Å². The molecule has 0 saturated carbocycles. The van der Waals surface area contributed by atoms with E-state index in [2.05, 4.69) is 0 Å². The molecule has 1 N–H and O–H groups in total. The van der Waals surface area contributed by atoms with Crippen LogP contribution in [0.15, 0.2) is 12.1 Å². The second kappa shape index (κ2) is 5.38. The fraction of sp³-hybridized carbons (Fsp3) is 0.273. The van der Waals surface area contributed by atoms with Crippen LogP contribution in [-0.4, -0.2) is 23.5 Å². The Labute approximate surface area is 95.8 Å². The summed E-state index contributed by atoms with van der Waals surface area (Å²) in [5.74, 6) is -4.31. The molecule has 1 aromatic carbocycles. The van der Waals surface area contributed by atoms with Gasteiger partial charge in [0.1, 0.15) is 6.29 Å². The lowest BCUT2D eigenvalue weighted by Crippen LogP contribution is -2.26. The highest BCUT2D eigenvalue weighted by Crippen LogP contribution is 2.24. The second-order valence-electron chi connectivity index (χ2n) is 3.28. The minimum atomic E-state index is -1.33. The zero-order valence-corrected chi connectivity index (χ0v) is 8.94. The Hall–Kier alpha value is -1.98. The summed E-state index contributed by atoms with van der Waals surface area (Å²) in [7, 11) is 0. The Morgan fingerprint density at radius 3 is 2.35 bits per heavy atom. The molecule has 0 heterocycles. The number of carbonyl (C=O) groups excluding carboxylic acids is 1. The first kappa shape index (κ1) is 13.1. The van der Waals surface area contributed by atoms with E-state index in [1.807, 2.05) is 0 Å². The quantitative estimate of drug-likeness (QED) is 0.805. The van der Waals surface area contributed by atoms with Gasteiger partial charge in [-0.25, -0.2) is 13.6 Å². The lowest BCUT2D eigenvalue weighted by Gasteiger charge is -2.14. The van der Waals surface area contributed by atoms with E-state index < -0.39 is 29.5 Å². The molecule has 1 aromatic rings. The number of carboxylic acid groups (broad SMARTS) is 1. The molecule has 0 radical (unpaired) electrons. The Morgan fingerprint density at radius 2 is 2.00 bits per heavy atom. The molecule has 0 saturated heterocycles. The molecule has 0 spiro atoms. The topological polar surface area (TPSA) is 63.6 Å². The maximum atomic E-state index is 13.3. The number of ether oxygens (including phenoxy) is 1. The van der Waals surface area contributed by atoms with Crippen molar-refractivity contribution in [3.63, 3.8) is 0 Å². The highest BCUT2D eigenvalue weighted by molar-refractivity contribution is 5.75. The number of carbonyl (C=O) groups is 2. The average molecular weight is 244 g/mol. The number of hydrogen-bond acceptors (Lipinski definition) is 3. The van der Waals surface area contributed by atoms with Crippen LogP contribution in [0.2, 0.25) is 0 Å². The molecule has 1 atom stereocenters. The van der Waals surface area contributed by atoms with Gasteiger partial charge in [0.05, 0.1) is 0 Å². The minimum Gasteiger partial charge on any atom is -0.479 e. The molecular weight excluding hydrogens is 234 g/mol. The summed E-state index contributed by atoms with van der Waals surface area (Å²) < 4.78 is 31.4. The minimum absolute atomic E-state index is 0.0592. The molecule has 0 aliphatic heterocycles. The van der Waals surface area contributed by atoms with E-state index in [4.69, 9.17) is 9.84 Å². The first-order valence-electron chi connectivity index (χ1n) is 4.83. The van der Waals surface area contributed by atoms with Crippen molar-refractivity contribution in [2.75, 3.05) is 0 Å². The number of rotatable bonds is 5. The smallest absolute Gasteiger partial charge is 0.344 e. The maximum absolute atomic E-state index is 13.3. The second-order valence-corrected chi connectivity index (χ2v) is 3.28. The van der Waals surface area contributed by atoms with Crippen LogP contribution in [0.5, 0.6) is 5.75 Å². The summed E-state index contributed by atoms with van der Waals surface area (Å²) in [5.41, 5.74) is -0.185. The fourth-order valence-electron chi connectivity index (χ4n) is 1.21. The van der Waals surface area contributed by atoms with Gasteiger partial charge in [0.2, 0.25) is 0 Å². The molecule has 0 aliphatic carbocycles. The zero-order valence-electron chi connectivity index (χ0n) is 8.94. The van der Waals surface area contributed by atoms with E-state index in [9.17, 15) is 18.4 Å². The average Bonchev–Trinajstić information content (AvgIpc) is 2.27. The normalized spacial score (nSPS) is 11.9. The molecule has 0 amide bonds. The standard InChI is InChI=1S/C11H10F2O4/c1-2-9(11(15)16)17-10-7(12)3-6(5-14)4-8(10)13/h3-5,9H,2H2,1H3,(H,15,16). The molecular formula is C11H10F2O4. The number of benzene rings is 1. The van der Waals surface area contributed by atoms with Gasteiger partial charge in [0.25, 0.3) is 0 Å². The van der Waals surface area contributed by atoms with Gasteiger partial charge in [0, 0.05) is 5.56 Å². The van der Waals surface area contributed by atoms with E-state index in [0.29, 0.717) is 0 Å². The molecule has 92 valence electrons. The molecule has 0 aliphatic rings. The Balaban J connectivity index is 3.06. The van der Waals surface area contributed by atoms with Crippen molar-refractivity contribution in [1.29, 1.82) is 0 Å². The van der Waals surface area contributed by atoms with E-state index in [1.165, 1.54) is 6.92 Å². The van der Waals surface area contributed by atoms with Crippen LogP contribution in [0.1, 0.15) is 23.7 Å². The van der Waals surface area contributed by atoms with Gasteiger partial charge in [-0.2, -0.15) is 0 Å². The number of halogens is 2. The monoisotopic (exact) mass is 244 g/mol. The Kier molecular flexibility index (Phi) is 4.14. The van der Waals surface area contributed by atoms with Crippen molar-refractivity contribution in [2.24, 2.45) is 0 Å². The number of carboxylic acids is 1. The van der Waals surface area contributed by atoms with Crippen LogP contribution >= 0.6 is 0 Å². The number of hydrogen-bond donors (Lipinski definition) is 1. The van der Waals surface area contributed by atoms with E-state index in [0.717, 1.165) is 12.1 Å². The van der Waals surface area contributed by atoms with Crippen molar-refractivity contribution in [3.8, 4) is 5.75 Å². The van der Waals surface area contributed by atoms with Crippen molar-refractivity contribution >= 4 is 12.3 Å². The third-order valence-corrected chi connectivity index (χ3v) is 2.06. The summed E-state index contributed by atoms with van der Waals surface area (Å²) in [6.45, 7) is 1.51. The van der Waals surface area contributed by atoms with Gasteiger partial charge in [0.15, 0.2) is 23.5 Å². The van der Waals surface area contributed by atoms with Gasteiger partial charge >= 0.3 is 5.97 Å². The van der Waals surface area contributed by atoms with Crippen LogP contribution in [-0.2, 0) is 4.79 Å². The van der Waals surface area contributed by atoms with Crippen LogP contribution in [0.3, 0.4) is 0 Å². The maximum Gasteiger partial charge on any atom is 0.344 e. The molecule has 1 rings (SSSR count). The molecule has 0 aromatic heterocycles. The summed E-state index contributed by atoms with van der Waals surface area (Å²) in [5, 5.41) is 8.69. The number of aliphatic carboxylic acids is 1. The van der Waals surface area contributed by atoms with Crippen molar-refractivity contribution in [3.05, 3.63) is 29.3 Å². The first-order chi connectivity index (χ1) is 7.99. The van der Waals surface area contributed by atoms with Gasteiger partial charge in [-0.3, -0.25) is 4.79 Å². The van der Waals surface area contributed by atoms with E-state index in [1.54, 1.807) is 0 Å². The summed E-state index contributed by atoms with van der Waals surface area (Å²) in [4.78, 5) is 21.0. The molecule has 4 nitrogen and oxygen atoms in total. The van der Waals surface area contributed by atoms with E-state index >= 15 is 0 Å². The van der Waals surface area contributed by atoms with Gasteiger partial charge in [-0.15, -0.1) is 0 Å². The lowest BCUT2D eigenvalue weighted by atomic mass is 10.2. The molecule has 17 heavy (non-hydrogen) atoms. The Morgan fingerprint density at radius 1 is 1.47 bits per heavy atom. The molecule has 1 unspecified atom stereocenters. The van der Waals surface area contributed by atoms with Crippen molar-refractivity contribution < 1.29 is 28.2 Å². The van der Waals surface area contributed by atoms with Crippen molar-refractivity contribution in [1.82, 2.24) is 0 Å². The lowest BCUT2D eigenvalue weighted by molar-refractivity contribution is -0.145. The summed E-state index contributed by atoms with van der Waals surface area (Å²) in [6.07, 6.45) is -0.991. The molecule has 0 fully saturated rings. The number of aldehydes is 1. The first-order valence-corrected chi connectivity index (χ1v) is 4.83.